The number of nitrogens with zero attached hydrogens (tertiary/aromatic N) is 1. The number of piperidine rings is 1. The van der Waals surface area contributed by atoms with Crippen molar-refractivity contribution >= 4 is 11.9 Å². The largest absolute Gasteiger partial charge is 0.478 e. The highest BCUT2D eigenvalue weighted by Gasteiger charge is 2.39. The van der Waals surface area contributed by atoms with Crippen molar-refractivity contribution in [2.75, 3.05) is 13.1 Å². The van der Waals surface area contributed by atoms with Gasteiger partial charge in [-0.05, 0) is 30.2 Å². The van der Waals surface area contributed by atoms with Gasteiger partial charge in [0, 0.05) is 37.8 Å². The summed E-state index contributed by atoms with van der Waals surface area (Å²) in [5.41, 5.74) is 1.32. The number of likely N-dealkylation sites (tertiary alicyclic amines) is 1. The highest BCUT2D eigenvalue weighted by Crippen LogP contribution is 2.35. The fourth-order valence-corrected chi connectivity index (χ4v) is 4.10. The number of carboxylic acids is 1. The number of aliphatic carboxylic acids is 1. The highest BCUT2D eigenvalue weighted by atomic mass is 16.4. The SMILES string of the molecule is O=C(O)C=CC(=O)NC1C2CCCC1CN(Cc1ccccc1)C2. The van der Waals surface area contributed by atoms with Crippen LogP contribution in [0.1, 0.15) is 24.8 Å². The van der Waals surface area contributed by atoms with Crippen LogP contribution >= 0.6 is 0 Å². The Morgan fingerprint density at radius 3 is 2.42 bits per heavy atom. The van der Waals surface area contributed by atoms with Crippen LogP contribution in [0.3, 0.4) is 0 Å². The van der Waals surface area contributed by atoms with E-state index in [1.165, 1.54) is 12.0 Å². The Bertz CT molecular complexity index is 600. The van der Waals surface area contributed by atoms with E-state index in [9.17, 15) is 9.59 Å². The van der Waals surface area contributed by atoms with Gasteiger partial charge in [-0.1, -0.05) is 36.8 Å². The third kappa shape index (κ3) is 4.23. The summed E-state index contributed by atoms with van der Waals surface area (Å²) in [6.45, 7) is 2.92. The molecule has 1 heterocycles. The first-order valence-corrected chi connectivity index (χ1v) is 8.59. The predicted octanol–water partition coefficient (Wildman–Crippen LogP) is 2.04. The lowest BCUT2D eigenvalue weighted by Gasteiger charge is -2.47. The van der Waals surface area contributed by atoms with E-state index in [0.717, 1.165) is 44.6 Å². The van der Waals surface area contributed by atoms with Crippen molar-refractivity contribution in [3.63, 3.8) is 0 Å². The second-order valence-electron chi connectivity index (χ2n) is 6.84. The fourth-order valence-electron chi connectivity index (χ4n) is 4.10. The summed E-state index contributed by atoms with van der Waals surface area (Å²) in [5, 5.41) is 11.7. The minimum absolute atomic E-state index is 0.164. The molecule has 1 aliphatic carbocycles. The van der Waals surface area contributed by atoms with Crippen LogP contribution in [0.25, 0.3) is 0 Å². The quantitative estimate of drug-likeness (QED) is 0.812. The Morgan fingerprint density at radius 2 is 1.79 bits per heavy atom. The first-order valence-electron chi connectivity index (χ1n) is 8.59. The van der Waals surface area contributed by atoms with Gasteiger partial charge in [0.15, 0.2) is 0 Å². The normalized spacial score (nSPS) is 27.1. The summed E-state index contributed by atoms with van der Waals surface area (Å²) in [6, 6.07) is 10.6. The molecule has 5 heteroatoms. The first kappa shape index (κ1) is 16.7. The van der Waals surface area contributed by atoms with Gasteiger partial charge in [0.1, 0.15) is 0 Å². The molecule has 1 aromatic carbocycles. The van der Waals surface area contributed by atoms with E-state index in [4.69, 9.17) is 5.11 Å². The molecule has 5 nitrogen and oxygen atoms in total. The summed E-state index contributed by atoms with van der Waals surface area (Å²) < 4.78 is 0. The van der Waals surface area contributed by atoms with Crippen LogP contribution in [0, 0.1) is 11.8 Å². The number of carbonyl (C=O) groups is 2. The minimum atomic E-state index is -1.09. The maximum absolute atomic E-state index is 11.9. The van der Waals surface area contributed by atoms with Gasteiger partial charge in [0.2, 0.25) is 5.91 Å². The van der Waals surface area contributed by atoms with E-state index < -0.39 is 5.97 Å². The second kappa shape index (κ2) is 7.62. The number of carbonyl (C=O) groups excluding carboxylic acids is 1. The van der Waals surface area contributed by atoms with Gasteiger partial charge in [-0.15, -0.1) is 0 Å². The average Bonchev–Trinajstić information content (AvgIpc) is 2.54. The second-order valence-corrected chi connectivity index (χ2v) is 6.84. The molecule has 2 unspecified atom stereocenters. The molecule has 0 spiro atoms. The fraction of sp³-hybridized carbons (Fsp3) is 0.474. The molecule has 2 N–H and O–H groups in total. The highest BCUT2D eigenvalue weighted by molar-refractivity contribution is 5.94. The molecule has 128 valence electrons. The Kier molecular flexibility index (Phi) is 5.30. The molecule has 1 amide bonds. The van der Waals surface area contributed by atoms with E-state index >= 15 is 0 Å². The van der Waals surface area contributed by atoms with Crippen LogP contribution in [0.4, 0.5) is 0 Å². The average molecular weight is 328 g/mol. The van der Waals surface area contributed by atoms with Gasteiger partial charge >= 0.3 is 5.97 Å². The molecular formula is C19H24N2O3. The molecular weight excluding hydrogens is 304 g/mol. The van der Waals surface area contributed by atoms with Gasteiger partial charge in [0.05, 0.1) is 0 Å². The van der Waals surface area contributed by atoms with E-state index in [0.29, 0.717) is 11.8 Å². The molecule has 1 saturated carbocycles. The number of fused-ring (bicyclic) bond motifs is 2. The molecule has 2 fully saturated rings. The van der Waals surface area contributed by atoms with E-state index in [2.05, 4.69) is 34.5 Å². The smallest absolute Gasteiger partial charge is 0.328 e. The predicted molar refractivity (Wildman–Crippen MR) is 91.3 cm³/mol. The van der Waals surface area contributed by atoms with Crippen molar-refractivity contribution < 1.29 is 14.7 Å². The van der Waals surface area contributed by atoms with Crippen LogP contribution in [-0.4, -0.2) is 41.0 Å². The molecule has 1 saturated heterocycles. The number of nitrogens with one attached hydrogen (secondary N) is 1. The number of hydrogen-bond acceptors (Lipinski definition) is 3. The van der Waals surface area contributed by atoms with Gasteiger partial charge in [0.25, 0.3) is 0 Å². The van der Waals surface area contributed by atoms with Crippen molar-refractivity contribution in [3.8, 4) is 0 Å². The standard InChI is InChI=1S/C19H24N2O3/c22-17(9-10-18(23)24)20-19-15-7-4-8-16(19)13-21(12-15)11-14-5-2-1-3-6-14/h1-3,5-6,9-10,15-16,19H,4,7-8,11-13H2,(H,20,22)(H,23,24). The lowest BCUT2D eigenvalue weighted by Crippen LogP contribution is -2.57. The monoisotopic (exact) mass is 328 g/mol. The summed E-state index contributed by atoms with van der Waals surface area (Å²) in [5.74, 6) is -0.495. The van der Waals surface area contributed by atoms with Crippen molar-refractivity contribution in [1.29, 1.82) is 0 Å². The molecule has 2 atom stereocenters. The summed E-state index contributed by atoms with van der Waals surface area (Å²) in [7, 11) is 0. The zero-order chi connectivity index (χ0) is 16.9. The summed E-state index contributed by atoms with van der Waals surface area (Å²) in [4.78, 5) is 25.0. The first-order chi connectivity index (χ1) is 11.6. The van der Waals surface area contributed by atoms with Crippen molar-refractivity contribution in [2.24, 2.45) is 11.8 Å². The Balaban J connectivity index is 1.61. The van der Waals surface area contributed by atoms with E-state index in [1.807, 2.05) is 6.07 Å². The number of carboxylic acid groups (broad SMARTS) is 1. The van der Waals surface area contributed by atoms with Gasteiger partial charge in [-0.2, -0.15) is 0 Å². The maximum atomic E-state index is 11.9. The number of hydrogen-bond donors (Lipinski definition) is 2. The third-order valence-electron chi connectivity index (χ3n) is 5.09. The van der Waals surface area contributed by atoms with Crippen molar-refractivity contribution in [3.05, 3.63) is 48.0 Å². The summed E-state index contributed by atoms with van der Waals surface area (Å²) in [6.07, 6.45) is 5.47. The van der Waals surface area contributed by atoms with Gasteiger partial charge < -0.3 is 10.4 Å². The minimum Gasteiger partial charge on any atom is -0.478 e. The van der Waals surface area contributed by atoms with Crippen LogP contribution in [-0.2, 0) is 16.1 Å². The Hall–Kier alpha value is -2.14. The van der Waals surface area contributed by atoms with E-state index in [1.54, 1.807) is 0 Å². The van der Waals surface area contributed by atoms with Crippen LogP contribution < -0.4 is 5.32 Å². The maximum Gasteiger partial charge on any atom is 0.328 e. The number of rotatable bonds is 5. The molecule has 1 aliphatic heterocycles. The molecule has 0 aromatic heterocycles. The topological polar surface area (TPSA) is 69.6 Å². The van der Waals surface area contributed by atoms with Crippen LogP contribution in [0.5, 0.6) is 0 Å². The Morgan fingerprint density at radius 1 is 1.12 bits per heavy atom. The lowest BCUT2D eigenvalue weighted by atomic mass is 9.73. The van der Waals surface area contributed by atoms with E-state index in [-0.39, 0.29) is 11.9 Å². The number of amides is 1. The van der Waals surface area contributed by atoms with Gasteiger partial charge in [-0.25, -0.2) is 4.79 Å². The van der Waals surface area contributed by atoms with Crippen molar-refractivity contribution in [2.45, 2.75) is 31.8 Å². The molecule has 3 rings (SSSR count). The molecule has 0 radical (unpaired) electrons. The molecule has 1 aromatic rings. The zero-order valence-corrected chi connectivity index (χ0v) is 13.7. The Labute approximate surface area is 142 Å². The van der Waals surface area contributed by atoms with Crippen LogP contribution in [0.15, 0.2) is 42.5 Å². The lowest BCUT2D eigenvalue weighted by molar-refractivity contribution is -0.131. The molecule has 24 heavy (non-hydrogen) atoms. The van der Waals surface area contributed by atoms with Crippen LogP contribution in [0.2, 0.25) is 0 Å². The third-order valence-corrected chi connectivity index (χ3v) is 5.09. The van der Waals surface area contributed by atoms with Crippen molar-refractivity contribution in [1.82, 2.24) is 10.2 Å². The van der Waals surface area contributed by atoms with Gasteiger partial charge in [-0.3, -0.25) is 9.69 Å². The molecule has 2 aliphatic rings. The molecule has 2 bridgehead atoms. The number of benzene rings is 1. The summed E-state index contributed by atoms with van der Waals surface area (Å²) >= 11 is 0. The zero-order valence-electron chi connectivity index (χ0n) is 13.7.